The SMILES string of the molecule is O=C1CCC(N2Cc3cc(CN4CCN(c5nc(N6CCOCC6)nc6c5SCC6)CC4)ccc3C2=O)C(=O)N1. The van der Waals surface area contributed by atoms with Crippen LogP contribution in [0.2, 0.25) is 0 Å². The lowest BCUT2D eigenvalue weighted by Gasteiger charge is -2.36. The highest BCUT2D eigenvalue weighted by Crippen LogP contribution is 2.39. The Bertz CT molecular complexity index is 1360. The van der Waals surface area contributed by atoms with Crippen LogP contribution in [0.3, 0.4) is 0 Å². The topological polar surface area (TPSA) is 111 Å². The Labute approximate surface area is 237 Å². The van der Waals surface area contributed by atoms with Crippen molar-refractivity contribution < 1.29 is 19.1 Å². The minimum Gasteiger partial charge on any atom is -0.378 e. The van der Waals surface area contributed by atoms with Crippen LogP contribution in [0.15, 0.2) is 23.1 Å². The molecule has 7 rings (SSSR count). The second-order valence-corrected chi connectivity index (χ2v) is 12.1. The molecule has 11 nitrogen and oxygen atoms in total. The minimum absolute atomic E-state index is 0.128. The molecule has 1 aromatic heterocycles. The molecule has 12 heteroatoms. The van der Waals surface area contributed by atoms with E-state index in [0.29, 0.717) is 18.5 Å². The van der Waals surface area contributed by atoms with Crippen LogP contribution < -0.4 is 15.1 Å². The van der Waals surface area contributed by atoms with E-state index < -0.39 is 6.04 Å². The average molecular weight is 564 g/mol. The lowest BCUT2D eigenvalue weighted by atomic mass is 10.0. The van der Waals surface area contributed by atoms with Crippen molar-refractivity contribution in [3.8, 4) is 0 Å². The zero-order valence-corrected chi connectivity index (χ0v) is 23.2. The number of fused-ring (bicyclic) bond motifs is 2. The highest BCUT2D eigenvalue weighted by molar-refractivity contribution is 7.99. The number of carbonyl (C=O) groups excluding carboxylic acids is 3. The number of aryl methyl sites for hydroxylation is 1. The molecule has 0 bridgehead atoms. The summed E-state index contributed by atoms with van der Waals surface area (Å²) in [6.07, 6.45) is 1.64. The second kappa shape index (κ2) is 10.6. The number of thioether (sulfide) groups is 1. The summed E-state index contributed by atoms with van der Waals surface area (Å²) < 4.78 is 5.53. The summed E-state index contributed by atoms with van der Waals surface area (Å²) in [7, 11) is 0. The van der Waals surface area contributed by atoms with E-state index in [2.05, 4.69) is 26.1 Å². The maximum atomic E-state index is 13.0. The molecule has 5 aliphatic rings. The fourth-order valence-corrected chi connectivity index (χ4v) is 7.38. The van der Waals surface area contributed by atoms with Crippen molar-refractivity contribution in [1.82, 2.24) is 25.1 Å². The summed E-state index contributed by atoms with van der Waals surface area (Å²) in [6.45, 7) is 7.97. The number of nitrogens with one attached hydrogen (secondary N) is 1. The molecule has 1 aromatic carbocycles. The number of nitrogens with zero attached hydrogens (tertiary/aromatic N) is 6. The number of aromatic nitrogens is 2. The maximum Gasteiger partial charge on any atom is 0.255 e. The molecule has 3 amide bonds. The molecule has 6 heterocycles. The van der Waals surface area contributed by atoms with E-state index in [-0.39, 0.29) is 24.1 Å². The molecule has 2 aromatic rings. The summed E-state index contributed by atoms with van der Waals surface area (Å²) in [5.41, 5.74) is 3.95. The van der Waals surface area contributed by atoms with E-state index in [9.17, 15) is 14.4 Å². The molecule has 1 atom stereocenters. The molecule has 40 heavy (non-hydrogen) atoms. The number of amides is 3. The van der Waals surface area contributed by atoms with Gasteiger partial charge in [-0.25, -0.2) is 4.98 Å². The van der Waals surface area contributed by atoms with Crippen molar-refractivity contribution in [2.24, 2.45) is 0 Å². The number of hydrogen-bond acceptors (Lipinski definition) is 10. The third-order valence-corrected chi connectivity index (χ3v) is 9.57. The summed E-state index contributed by atoms with van der Waals surface area (Å²) in [4.78, 5) is 56.9. The Morgan fingerprint density at radius 2 is 1.80 bits per heavy atom. The lowest BCUT2D eigenvalue weighted by Crippen LogP contribution is -2.52. The van der Waals surface area contributed by atoms with Crippen LogP contribution in [0.25, 0.3) is 0 Å². The van der Waals surface area contributed by atoms with E-state index in [1.807, 2.05) is 23.9 Å². The lowest BCUT2D eigenvalue weighted by molar-refractivity contribution is -0.136. The predicted octanol–water partition coefficient (Wildman–Crippen LogP) is 1.04. The zero-order chi connectivity index (χ0) is 27.2. The molecule has 210 valence electrons. The number of benzene rings is 1. The van der Waals surface area contributed by atoms with Crippen molar-refractivity contribution >= 4 is 41.2 Å². The van der Waals surface area contributed by atoms with Gasteiger partial charge in [-0.05, 0) is 23.6 Å². The van der Waals surface area contributed by atoms with Gasteiger partial charge in [0.1, 0.15) is 11.9 Å². The number of ether oxygens (including phenoxy) is 1. The number of morpholine rings is 1. The van der Waals surface area contributed by atoms with Gasteiger partial charge in [-0.1, -0.05) is 12.1 Å². The van der Waals surface area contributed by atoms with E-state index in [0.717, 1.165) is 88.5 Å². The maximum absolute atomic E-state index is 13.0. The average Bonchev–Trinajstić information content (AvgIpc) is 3.58. The molecule has 3 fully saturated rings. The molecule has 0 spiro atoms. The van der Waals surface area contributed by atoms with Crippen LogP contribution in [0.1, 0.15) is 40.0 Å². The number of rotatable bonds is 5. The number of hydrogen-bond donors (Lipinski definition) is 1. The first kappa shape index (κ1) is 25.7. The Morgan fingerprint density at radius 3 is 2.60 bits per heavy atom. The first-order valence-corrected chi connectivity index (χ1v) is 15.1. The number of piperazine rings is 1. The van der Waals surface area contributed by atoms with Crippen molar-refractivity contribution in [1.29, 1.82) is 0 Å². The van der Waals surface area contributed by atoms with Crippen molar-refractivity contribution in [2.75, 3.05) is 68.0 Å². The van der Waals surface area contributed by atoms with Gasteiger partial charge in [-0.2, -0.15) is 4.98 Å². The van der Waals surface area contributed by atoms with Gasteiger partial charge in [-0.3, -0.25) is 24.6 Å². The summed E-state index contributed by atoms with van der Waals surface area (Å²) in [5, 5.41) is 2.37. The molecule has 3 saturated heterocycles. The Morgan fingerprint density at radius 1 is 0.975 bits per heavy atom. The highest BCUT2D eigenvalue weighted by Gasteiger charge is 2.39. The Balaban J connectivity index is 1.00. The monoisotopic (exact) mass is 563 g/mol. The summed E-state index contributed by atoms with van der Waals surface area (Å²) >= 11 is 1.87. The molecule has 1 unspecified atom stereocenters. The van der Waals surface area contributed by atoms with Gasteiger partial charge in [0, 0.05) is 76.5 Å². The molecule has 5 aliphatic heterocycles. The summed E-state index contributed by atoms with van der Waals surface area (Å²) in [5.74, 6) is 2.20. The van der Waals surface area contributed by atoms with E-state index in [1.165, 1.54) is 16.2 Å². The molecule has 0 radical (unpaired) electrons. The third kappa shape index (κ3) is 4.82. The smallest absolute Gasteiger partial charge is 0.255 e. The van der Waals surface area contributed by atoms with Gasteiger partial charge in [0.15, 0.2) is 0 Å². The van der Waals surface area contributed by atoms with Gasteiger partial charge in [0.2, 0.25) is 17.8 Å². The Hall–Kier alpha value is -3.22. The van der Waals surface area contributed by atoms with Crippen LogP contribution >= 0.6 is 11.8 Å². The van der Waals surface area contributed by atoms with E-state index in [1.54, 1.807) is 4.90 Å². The van der Waals surface area contributed by atoms with Gasteiger partial charge >= 0.3 is 0 Å². The van der Waals surface area contributed by atoms with Crippen molar-refractivity contribution in [3.63, 3.8) is 0 Å². The molecule has 0 saturated carbocycles. The normalized spacial score (nSPS) is 23.4. The van der Waals surface area contributed by atoms with Gasteiger partial charge in [0.25, 0.3) is 5.91 Å². The third-order valence-electron chi connectivity index (χ3n) is 8.45. The number of piperidine rings is 1. The molecule has 1 N–H and O–H groups in total. The highest BCUT2D eigenvalue weighted by atomic mass is 32.2. The largest absolute Gasteiger partial charge is 0.378 e. The fraction of sp³-hybridized carbons (Fsp3) is 0.536. The van der Waals surface area contributed by atoms with Crippen molar-refractivity contribution in [3.05, 3.63) is 40.6 Å². The molecular weight excluding hydrogens is 530 g/mol. The van der Waals surface area contributed by atoms with E-state index >= 15 is 0 Å². The zero-order valence-electron chi connectivity index (χ0n) is 22.4. The van der Waals surface area contributed by atoms with Gasteiger partial charge in [0.05, 0.1) is 23.8 Å². The number of imide groups is 1. The number of anilines is 2. The van der Waals surface area contributed by atoms with Crippen LogP contribution in [-0.2, 0) is 33.8 Å². The van der Waals surface area contributed by atoms with Crippen LogP contribution in [0.4, 0.5) is 11.8 Å². The van der Waals surface area contributed by atoms with Crippen molar-refractivity contribution in [2.45, 2.75) is 43.3 Å². The number of carbonyl (C=O) groups is 3. The fourth-order valence-electron chi connectivity index (χ4n) is 6.26. The first-order chi connectivity index (χ1) is 19.5. The molecular formula is C28H33N7O4S. The standard InChI is InChI=1S/C28H33N7O4S/c36-23-4-3-22(26(37)30-23)35-17-19-15-18(1-2-20(19)27(35)38)16-32-6-8-33(9-7-32)25-24-21(5-14-40-24)29-28(31-25)34-10-12-39-13-11-34/h1-2,15,22H,3-14,16-17H2,(H,30,36,37). The Kier molecular flexibility index (Phi) is 6.84. The minimum atomic E-state index is -0.584. The van der Waals surface area contributed by atoms with Crippen LogP contribution in [-0.4, -0.2) is 102 Å². The van der Waals surface area contributed by atoms with Crippen LogP contribution in [0.5, 0.6) is 0 Å². The van der Waals surface area contributed by atoms with Crippen LogP contribution in [0, 0.1) is 0 Å². The van der Waals surface area contributed by atoms with E-state index in [4.69, 9.17) is 14.7 Å². The van der Waals surface area contributed by atoms with Gasteiger partial charge < -0.3 is 19.4 Å². The second-order valence-electron chi connectivity index (χ2n) is 11.0. The first-order valence-electron chi connectivity index (χ1n) is 14.1. The summed E-state index contributed by atoms with van der Waals surface area (Å²) in [6, 6.07) is 5.44. The molecule has 0 aliphatic carbocycles. The quantitative estimate of drug-likeness (QED) is 0.530. The predicted molar refractivity (Wildman–Crippen MR) is 149 cm³/mol. The van der Waals surface area contributed by atoms with Gasteiger partial charge in [-0.15, -0.1) is 11.8 Å².